The first-order valence-electron chi connectivity index (χ1n) is 6.54. The number of benzene rings is 1. The van der Waals surface area contributed by atoms with Crippen LogP contribution in [0.2, 0.25) is 0 Å². The molecular formula is C14H15FN6. The summed E-state index contributed by atoms with van der Waals surface area (Å²) in [5.74, 6) is 0.456. The molecule has 0 spiro atoms. The van der Waals surface area contributed by atoms with Crippen LogP contribution < -0.4 is 11.1 Å². The number of imidazole rings is 1. The van der Waals surface area contributed by atoms with E-state index in [2.05, 4.69) is 25.3 Å². The molecule has 7 heteroatoms. The quantitative estimate of drug-likeness (QED) is 0.688. The average molecular weight is 286 g/mol. The number of anilines is 2. The van der Waals surface area contributed by atoms with Gasteiger partial charge in [-0.2, -0.15) is 9.97 Å². The standard InChI is InChI=1S/C14H15FN6/c1-7-3-4-9(5-10(7)15)8(2)19-13-11-12(18-6-17-11)20-14(16)21-13/h3-6,8H,1-2H3,(H4,16,17,18,19,20,21). The molecule has 0 aliphatic rings. The summed E-state index contributed by atoms with van der Waals surface area (Å²) >= 11 is 0. The predicted molar refractivity (Wildman–Crippen MR) is 79.3 cm³/mol. The third-order valence-corrected chi connectivity index (χ3v) is 3.35. The number of fused-ring (bicyclic) bond motifs is 1. The van der Waals surface area contributed by atoms with Gasteiger partial charge in [-0.05, 0) is 31.0 Å². The highest BCUT2D eigenvalue weighted by Gasteiger charge is 2.13. The van der Waals surface area contributed by atoms with E-state index in [9.17, 15) is 4.39 Å². The van der Waals surface area contributed by atoms with E-state index in [1.165, 1.54) is 12.4 Å². The van der Waals surface area contributed by atoms with Gasteiger partial charge in [-0.3, -0.25) is 0 Å². The van der Waals surface area contributed by atoms with Crippen molar-refractivity contribution < 1.29 is 4.39 Å². The van der Waals surface area contributed by atoms with Crippen LogP contribution >= 0.6 is 0 Å². The number of nitrogens with two attached hydrogens (primary N) is 1. The Morgan fingerprint density at radius 3 is 2.90 bits per heavy atom. The van der Waals surface area contributed by atoms with Crippen molar-refractivity contribution in [2.75, 3.05) is 11.1 Å². The van der Waals surface area contributed by atoms with Gasteiger partial charge in [0.1, 0.15) is 11.3 Å². The van der Waals surface area contributed by atoms with Crippen molar-refractivity contribution in [3.05, 3.63) is 41.5 Å². The second-order valence-corrected chi connectivity index (χ2v) is 4.91. The summed E-state index contributed by atoms with van der Waals surface area (Å²) in [7, 11) is 0. The highest BCUT2D eigenvalue weighted by atomic mass is 19.1. The molecule has 0 bridgehead atoms. The molecule has 0 radical (unpaired) electrons. The molecule has 0 saturated carbocycles. The highest BCUT2D eigenvalue weighted by Crippen LogP contribution is 2.24. The van der Waals surface area contributed by atoms with E-state index in [1.807, 2.05) is 13.0 Å². The minimum atomic E-state index is -0.227. The minimum absolute atomic E-state index is 0.138. The maximum absolute atomic E-state index is 13.7. The largest absolute Gasteiger partial charge is 0.368 e. The minimum Gasteiger partial charge on any atom is -0.368 e. The van der Waals surface area contributed by atoms with E-state index < -0.39 is 0 Å². The van der Waals surface area contributed by atoms with Crippen molar-refractivity contribution in [3.8, 4) is 0 Å². The SMILES string of the molecule is Cc1ccc(C(C)Nc2nc(N)nc3nc[nH]c23)cc1F. The van der Waals surface area contributed by atoms with Gasteiger partial charge >= 0.3 is 0 Å². The second kappa shape index (κ2) is 5.01. The number of nitrogen functional groups attached to an aromatic ring is 1. The van der Waals surface area contributed by atoms with E-state index in [1.54, 1.807) is 13.0 Å². The van der Waals surface area contributed by atoms with Gasteiger partial charge in [0.15, 0.2) is 11.5 Å². The lowest BCUT2D eigenvalue weighted by molar-refractivity contribution is 0.614. The number of H-pyrrole nitrogens is 1. The van der Waals surface area contributed by atoms with Crippen LogP contribution in [0, 0.1) is 12.7 Å². The van der Waals surface area contributed by atoms with Crippen molar-refractivity contribution in [2.24, 2.45) is 0 Å². The predicted octanol–water partition coefficient (Wildman–Crippen LogP) is 2.56. The fourth-order valence-corrected chi connectivity index (χ4v) is 2.12. The molecule has 0 saturated heterocycles. The third-order valence-electron chi connectivity index (χ3n) is 3.35. The molecule has 3 rings (SSSR count). The maximum atomic E-state index is 13.7. The molecule has 0 aliphatic carbocycles. The van der Waals surface area contributed by atoms with Crippen LogP contribution in [0.15, 0.2) is 24.5 Å². The van der Waals surface area contributed by atoms with E-state index in [-0.39, 0.29) is 17.8 Å². The fraction of sp³-hybridized carbons (Fsp3) is 0.214. The molecule has 0 aliphatic heterocycles. The molecule has 2 aromatic heterocycles. The molecule has 6 nitrogen and oxygen atoms in total. The lowest BCUT2D eigenvalue weighted by Crippen LogP contribution is -2.10. The van der Waals surface area contributed by atoms with Crippen molar-refractivity contribution in [3.63, 3.8) is 0 Å². The van der Waals surface area contributed by atoms with Gasteiger partial charge in [0.2, 0.25) is 5.95 Å². The Labute approximate surface area is 120 Å². The molecular weight excluding hydrogens is 271 g/mol. The molecule has 3 aromatic rings. The number of hydrogen-bond donors (Lipinski definition) is 3. The summed E-state index contributed by atoms with van der Waals surface area (Å²) in [5.41, 5.74) is 8.27. The molecule has 4 N–H and O–H groups in total. The van der Waals surface area contributed by atoms with Crippen molar-refractivity contribution in [1.82, 2.24) is 19.9 Å². The number of aryl methyl sites for hydroxylation is 1. The number of aromatic nitrogens is 4. The van der Waals surface area contributed by atoms with Crippen LogP contribution in [0.3, 0.4) is 0 Å². The fourth-order valence-electron chi connectivity index (χ4n) is 2.12. The maximum Gasteiger partial charge on any atom is 0.224 e. The Morgan fingerprint density at radius 2 is 2.14 bits per heavy atom. The van der Waals surface area contributed by atoms with Crippen LogP contribution in [0.5, 0.6) is 0 Å². The number of nitrogens with zero attached hydrogens (tertiary/aromatic N) is 3. The Bertz CT molecular complexity index is 797. The third kappa shape index (κ3) is 2.49. The van der Waals surface area contributed by atoms with Crippen molar-refractivity contribution >= 4 is 22.9 Å². The van der Waals surface area contributed by atoms with Crippen LogP contribution in [-0.4, -0.2) is 19.9 Å². The lowest BCUT2D eigenvalue weighted by atomic mass is 10.1. The van der Waals surface area contributed by atoms with Crippen molar-refractivity contribution in [2.45, 2.75) is 19.9 Å². The highest BCUT2D eigenvalue weighted by molar-refractivity contribution is 5.83. The second-order valence-electron chi connectivity index (χ2n) is 4.91. The zero-order valence-corrected chi connectivity index (χ0v) is 11.7. The number of halogens is 1. The monoisotopic (exact) mass is 286 g/mol. The van der Waals surface area contributed by atoms with Gasteiger partial charge in [-0.1, -0.05) is 12.1 Å². The number of rotatable bonds is 3. The first-order valence-corrected chi connectivity index (χ1v) is 6.54. The summed E-state index contributed by atoms with van der Waals surface area (Å²) in [6.45, 7) is 3.65. The lowest BCUT2D eigenvalue weighted by Gasteiger charge is -2.16. The van der Waals surface area contributed by atoms with Gasteiger partial charge in [0.25, 0.3) is 0 Å². The number of hydrogen-bond acceptors (Lipinski definition) is 5. The van der Waals surface area contributed by atoms with Crippen LogP contribution in [0.4, 0.5) is 16.2 Å². The van der Waals surface area contributed by atoms with E-state index >= 15 is 0 Å². The first-order chi connectivity index (χ1) is 10.0. The molecule has 1 unspecified atom stereocenters. The molecule has 1 aromatic carbocycles. The summed E-state index contributed by atoms with van der Waals surface area (Å²) in [5, 5.41) is 3.21. The molecule has 0 amide bonds. The van der Waals surface area contributed by atoms with E-state index in [4.69, 9.17) is 5.73 Å². The van der Waals surface area contributed by atoms with Crippen molar-refractivity contribution in [1.29, 1.82) is 0 Å². The van der Waals surface area contributed by atoms with Crippen LogP contribution in [0.1, 0.15) is 24.1 Å². The summed E-state index contributed by atoms with van der Waals surface area (Å²) in [6.07, 6.45) is 1.53. The molecule has 0 fully saturated rings. The number of aromatic amines is 1. The first kappa shape index (κ1) is 13.3. The summed E-state index contributed by atoms with van der Waals surface area (Å²) < 4.78 is 13.7. The summed E-state index contributed by atoms with van der Waals surface area (Å²) in [6, 6.07) is 5.01. The molecule has 2 heterocycles. The zero-order valence-electron chi connectivity index (χ0n) is 11.7. The average Bonchev–Trinajstić information content (AvgIpc) is 2.90. The zero-order chi connectivity index (χ0) is 15.0. The summed E-state index contributed by atoms with van der Waals surface area (Å²) in [4.78, 5) is 15.2. The molecule has 21 heavy (non-hydrogen) atoms. The van der Waals surface area contributed by atoms with E-state index in [0.717, 1.165) is 5.56 Å². The van der Waals surface area contributed by atoms with Gasteiger partial charge in [-0.25, -0.2) is 9.37 Å². The Kier molecular flexibility index (Phi) is 3.17. The topological polar surface area (TPSA) is 92.5 Å². The number of nitrogens with one attached hydrogen (secondary N) is 2. The Morgan fingerprint density at radius 1 is 1.33 bits per heavy atom. The van der Waals surface area contributed by atoms with E-state index in [0.29, 0.717) is 22.5 Å². The van der Waals surface area contributed by atoms with Crippen LogP contribution in [-0.2, 0) is 0 Å². The van der Waals surface area contributed by atoms with Gasteiger partial charge in [0, 0.05) is 0 Å². The Balaban J connectivity index is 1.94. The normalized spacial score (nSPS) is 12.5. The molecule has 1 atom stereocenters. The van der Waals surface area contributed by atoms with Gasteiger partial charge in [0.05, 0.1) is 12.4 Å². The van der Waals surface area contributed by atoms with Gasteiger partial charge < -0.3 is 16.0 Å². The van der Waals surface area contributed by atoms with Crippen LogP contribution in [0.25, 0.3) is 11.2 Å². The molecule has 108 valence electrons. The van der Waals surface area contributed by atoms with Gasteiger partial charge in [-0.15, -0.1) is 0 Å². The smallest absolute Gasteiger partial charge is 0.224 e. The Hall–Kier alpha value is -2.70.